The van der Waals surface area contributed by atoms with Gasteiger partial charge in [0.25, 0.3) is 0 Å². The van der Waals surface area contributed by atoms with E-state index in [9.17, 15) is 9.59 Å². The lowest BCUT2D eigenvalue weighted by molar-refractivity contribution is -0.121. The molecule has 6 nitrogen and oxygen atoms in total. The van der Waals surface area contributed by atoms with Crippen LogP contribution in [-0.4, -0.2) is 29.8 Å². The topological polar surface area (TPSA) is 88.0 Å². The standard InChI is InChI=1S/C19H19BrN2O4/c1-13-4-9-17(16(20)11-13)26-10-2-3-18(23)22-21-12-14-5-7-15(8-6-14)19(24)25/h4-9,11-12H,2-3,10H2,1H3,(H,22,23)(H,24,25)/b21-12+. The number of hydrogen-bond acceptors (Lipinski definition) is 4. The Morgan fingerprint density at radius 1 is 1.23 bits per heavy atom. The molecule has 2 aromatic carbocycles. The van der Waals surface area contributed by atoms with Crippen molar-refractivity contribution in [1.29, 1.82) is 0 Å². The molecule has 136 valence electrons. The normalized spacial score (nSPS) is 10.7. The van der Waals surface area contributed by atoms with Crippen LogP contribution < -0.4 is 10.2 Å². The third-order valence-electron chi connectivity index (χ3n) is 3.45. The van der Waals surface area contributed by atoms with Gasteiger partial charge in [-0.05, 0) is 64.7 Å². The third-order valence-corrected chi connectivity index (χ3v) is 4.07. The van der Waals surface area contributed by atoms with Crippen LogP contribution in [-0.2, 0) is 4.79 Å². The first kappa shape index (κ1) is 19.7. The fraction of sp³-hybridized carbons (Fsp3) is 0.211. The maximum atomic E-state index is 11.7. The Hall–Kier alpha value is -2.67. The second-order valence-electron chi connectivity index (χ2n) is 5.61. The number of carbonyl (C=O) groups is 2. The molecule has 2 rings (SSSR count). The first-order valence-electron chi connectivity index (χ1n) is 8.00. The zero-order chi connectivity index (χ0) is 18.9. The third kappa shape index (κ3) is 6.33. The number of halogens is 1. The van der Waals surface area contributed by atoms with Crippen molar-refractivity contribution in [3.8, 4) is 5.75 Å². The number of ether oxygens (including phenoxy) is 1. The minimum absolute atomic E-state index is 0.200. The summed E-state index contributed by atoms with van der Waals surface area (Å²) in [4.78, 5) is 22.5. The molecular formula is C19H19BrN2O4. The van der Waals surface area contributed by atoms with Crippen molar-refractivity contribution in [1.82, 2.24) is 5.43 Å². The molecule has 7 heteroatoms. The van der Waals surface area contributed by atoms with Gasteiger partial charge in [-0.1, -0.05) is 18.2 Å². The number of hydrogen-bond donors (Lipinski definition) is 2. The molecule has 0 saturated carbocycles. The van der Waals surface area contributed by atoms with Gasteiger partial charge in [0.15, 0.2) is 0 Å². The van der Waals surface area contributed by atoms with E-state index >= 15 is 0 Å². The number of nitrogens with zero attached hydrogens (tertiary/aromatic N) is 1. The molecule has 0 aliphatic rings. The van der Waals surface area contributed by atoms with E-state index in [2.05, 4.69) is 26.5 Å². The van der Waals surface area contributed by atoms with Gasteiger partial charge in [0.05, 0.1) is 22.9 Å². The molecule has 2 aromatic rings. The highest BCUT2D eigenvalue weighted by Gasteiger charge is 2.04. The van der Waals surface area contributed by atoms with Gasteiger partial charge in [-0.25, -0.2) is 10.2 Å². The lowest BCUT2D eigenvalue weighted by Crippen LogP contribution is -2.18. The molecule has 0 aromatic heterocycles. The van der Waals surface area contributed by atoms with Gasteiger partial charge >= 0.3 is 5.97 Å². The van der Waals surface area contributed by atoms with E-state index in [-0.39, 0.29) is 11.5 Å². The van der Waals surface area contributed by atoms with Crippen molar-refractivity contribution in [2.24, 2.45) is 5.10 Å². The summed E-state index contributed by atoms with van der Waals surface area (Å²) in [5, 5.41) is 12.7. The van der Waals surface area contributed by atoms with Crippen molar-refractivity contribution < 1.29 is 19.4 Å². The summed E-state index contributed by atoms with van der Waals surface area (Å²) in [5.74, 6) is -0.449. The molecule has 0 bridgehead atoms. The Bertz CT molecular complexity index is 804. The molecule has 0 heterocycles. The summed E-state index contributed by atoms with van der Waals surface area (Å²) >= 11 is 3.44. The van der Waals surface area contributed by atoms with Crippen molar-refractivity contribution in [2.75, 3.05) is 6.61 Å². The van der Waals surface area contributed by atoms with Crippen LogP contribution in [0.5, 0.6) is 5.75 Å². The Balaban J connectivity index is 1.69. The molecule has 0 aliphatic carbocycles. The summed E-state index contributed by atoms with van der Waals surface area (Å²) in [6, 6.07) is 12.0. The van der Waals surface area contributed by atoms with Crippen LogP contribution in [0.15, 0.2) is 52.0 Å². The zero-order valence-electron chi connectivity index (χ0n) is 14.2. The van der Waals surface area contributed by atoms with Crippen LogP contribution in [0, 0.1) is 6.92 Å². The van der Waals surface area contributed by atoms with Crippen LogP contribution in [0.2, 0.25) is 0 Å². The average Bonchev–Trinajstić information content (AvgIpc) is 2.60. The van der Waals surface area contributed by atoms with E-state index in [0.717, 1.165) is 15.8 Å². The molecule has 0 radical (unpaired) electrons. The Labute approximate surface area is 160 Å². The number of benzene rings is 2. The van der Waals surface area contributed by atoms with Gasteiger partial charge in [-0.15, -0.1) is 0 Å². The lowest BCUT2D eigenvalue weighted by atomic mass is 10.1. The molecule has 26 heavy (non-hydrogen) atoms. The molecule has 0 atom stereocenters. The number of amides is 1. The first-order chi connectivity index (χ1) is 12.5. The highest BCUT2D eigenvalue weighted by Crippen LogP contribution is 2.25. The van der Waals surface area contributed by atoms with Crippen LogP contribution >= 0.6 is 15.9 Å². The fourth-order valence-electron chi connectivity index (χ4n) is 2.08. The number of hydrazone groups is 1. The van der Waals surface area contributed by atoms with Crippen LogP contribution in [0.3, 0.4) is 0 Å². The molecule has 1 amide bonds. The minimum atomic E-state index is -0.985. The van der Waals surface area contributed by atoms with Gasteiger partial charge in [0.2, 0.25) is 5.91 Å². The van der Waals surface area contributed by atoms with Crippen LogP contribution in [0.1, 0.15) is 34.3 Å². The molecule has 0 saturated heterocycles. The van der Waals surface area contributed by atoms with Gasteiger partial charge in [0.1, 0.15) is 5.75 Å². The molecule has 0 fully saturated rings. The zero-order valence-corrected chi connectivity index (χ0v) is 15.8. The Morgan fingerprint density at radius 2 is 1.96 bits per heavy atom. The van der Waals surface area contributed by atoms with E-state index in [1.54, 1.807) is 12.1 Å². The second kappa shape index (κ2) is 9.72. The number of rotatable bonds is 8. The maximum Gasteiger partial charge on any atom is 0.335 e. The summed E-state index contributed by atoms with van der Waals surface area (Å²) in [7, 11) is 0. The summed E-state index contributed by atoms with van der Waals surface area (Å²) in [6.45, 7) is 2.43. The largest absolute Gasteiger partial charge is 0.492 e. The van der Waals surface area contributed by atoms with Crippen LogP contribution in [0.4, 0.5) is 0 Å². The minimum Gasteiger partial charge on any atom is -0.492 e. The Kier molecular flexibility index (Phi) is 7.35. The predicted octanol–water partition coefficient (Wildman–Crippen LogP) is 3.77. The number of aryl methyl sites for hydroxylation is 1. The fourth-order valence-corrected chi connectivity index (χ4v) is 2.69. The number of carboxylic acids is 1. The van der Waals surface area contributed by atoms with Crippen LogP contribution in [0.25, 0.3) is 0 Å². The van der Waals surface area contributed by atoms with Gasteiger partial charge in [0, 0.05) is 6.42 Å². The van der Waals surface area contributed by atoms with Gasteiger partial charge in [-0.2, -0.15) is 5.10 Å². The van der Waals surface area contributed by atoms with E-state index in [1.165, 1.54) is 18.3 Å². The Morgan fingerprint density at radius 3 is 2.62 bits per heavy atom. The number of nitrogens with one attached hydrogen (secondary N) is 1. The maximum absolute atomic E-state index is 11.7. The van der Waals surface area contributed by atoms with Crippen molar-refractivity contribution in [3.63, 3.8) is 0 Å². The SMILES string of the molecule is Cc1ccc(OCCCC(=O)N/N=C/c2ccc(C(=O)O)cc2)c(Br)c1. The molecule has 0 spiro atoms. The van der Waals surface area contributed by atoms with Gasteiger partial charge in [-0.3, -0.25) is 4.79 Å². The van der Waals surface area contributed by atoms with E-state index in [4.69, 9.17) is 9.84 Å². The first-order valence-corrected chi connectivity index (χ1v) is 8.79. The quantitative estimate of drug-likeness (QED) is 0.388. The molecular weight excluding hydrogens is 400 g/mol. The van der Waals surface area contributed by atoms with E-state index < -0.39 is 5.97 Å². The lowest BCUT2D eigenvalue weighted by Gasteiger charge is -2.08. The average molecular weight is 419 g/mol. The summed E-state index contributed by atoms with van der Waals surface area (Å²) in [5.41, 5.74) is 4.47. The molecule has 2 N–H and O–H groups in total. The highest BCUT2D eigenvalue weighted by atomic mass is 79.9. The second-order valence-corrected chi connectivity index (χ2v) is 6.46. The highest BCUT2D eigenvalue weighted by molar-refractivity contribution is 9.10. The summed E-state index contributed by atoms with van der Waals surface area (Å²) in [6.07, 6.45) is 2.32. The number of aromatic carboxylic acids is 1. The number of carbonyl (C=O) groups excluding carboxylic acids is 1. The van der Waals surface area contributed by atoms with Crippen molar-refractivity contribution in [3.05, 3.63) is 63.6 Å². The molecule has 0 unspecified atom stereocenters. The van der Waals surface area contributed by atoms with Gasteiger partial charge < -0.3 is 9.84 Å². The smallest absolute Gasteiger partial charge is 0.335 e. The van der Waals surface area contributed by atoms with Crippen molar-refractivity contribution in [2.45, 2.75) is 19.8 Å². The van der Waals surface area contributed by atoms with E-state index in [0.29, 0.717) is 25.0 Å². The predicted molar refractivity (Wildman–Crippen MR) is 103 cm³/mol. The molecule has 0 aliphatic heterocycles. The van der Waals surface area contributed by atoms with Crippen molar-refractivity contribution >= 4 is 34.0 Å². The van der Waals surface area contributed by atoms with E-state index in [1.807, 2.05) is 25.1 Å². The number of carboxylic acid groups (broad SMARTS) is 1. The summed E-state index contributed by atoms with van der Waals surface area (Å²) < 4.78 is 6.52. The monoisotopic (exact) mass is 418 g/mol.